The van der Waals surface area contributed by atoms with Gasteiger partial charge in [0.2, 0.25) is 0 Å². The van der Waals surface area contributed by atoms with Crippen molar-refractivity contribution in [2.45, 2.75) is 0 Å². The SMILES string of the molecule is CN1c2ccccc2Oc2cc(/C=C3/SC(=S)N(CC(=O)O)C3=O)ccc21. The Morgan fingerprint density at radius 1 is 1.22 bits per heavy atom. The van der Waals surface area contributed by atoms with Crippen LogP contribution in [0.2, 0.25) is 0 Å². The van der Waals surface area contributed by atoms with Gasteiger partial charge in [-0.15, -0.1) is 0 Å². The summed E-state index contributed by atoms with van der Waals surface area (Å²) in [6.45, 7) is -0.434. The Hall–Kier alpha value is -2.84. The molecule has 2 aromatic rings. The van der Waals surface area contributed by atoms with Crippen molar-refractivity contribution in [3.63, 3.8) is 0 Å². The summed E-state index contributed by atoms with van der Waals surface area (Å²) < 4.78 is 6.24. The number of carbonyl (C=O) groups excluding carboxylic acids is 1. The first kappa shape index (κ1) is 17.6. The number of benzene rings is 2. The highest BCUT2D eigenvalue weighted by Crippen LogP contribution is 2.46. The summed E-state index contributed by atoms with van der Waals surface area (Å²) in [5.74, 6) is -0.0478. The summed E-state index contributed by atoms with van der Waals surface area (Å²) in [7, 11) is 1.97. The van der Waals surface area contributed by atoms with Gasteiger partial charge in [0.05, 0.1) is 16.3 Å². The first-order chi connectivity index (χ1) is 12.9. The normalized spacial score (nSPS) is 17.0. The minimum absolute atomic E-state index is 0.247. The average molecular weight is 398 g/mol. The second kappa shape index (κ2) is 6.71. The van der Waals surface area contributed by atoms with E-state index in [0.29, 0.717) is 10.7 Å². The molecule has 1 fully saturated rings. The van der Waals surface area contributed by atoms with Gasteiger partial charge in [0.25, 0.3) is 5.91 Å². The molecule has 6 nitrogen and oxygen atoms in total. The molecule has 0 aliphatic carbocycles. The molecular weight excluding hydrogens is 384 g/mol. The van der Waals surface area contributed by atoms with Crippen LogP contribution in [0.1, 0.15) is 5.56 Å². The van der Waals surface area contributed by atoms with Crippen LogP contribution in [0.5, 0.6) is 11.5 Å². The number of thioether (sulfide) groups is 1. The summed E-state index contributed by atoms with van der Waals surface area (Å²) in [6.07, 6.45) is 1.70. The predicted molar refractivity (Wildman–Crippen MR) is 109 cm³/mol. The number of hydrogen-bond donors (Lipinski definition) is 1. The van der Waals surface area contributed by atoms with Crippen molar-refractivity contribution in [3.8, 4) is 11.5 Å². The number of fused-ring (bicyclic) bond motifs is 2. The highest BCUT2D eigenvalue weighted by atomic mass is 32.2. The van der Waals surface area contributed by atoms with Crippen LogP contribution in [-0.4, -0.2) is 39.8 Å². The van der Waals surface area contributed by atoms with E-state index in [0.717, 1.165) is 39.3 Å². The lowest BCUT2D eigenvalue weighted by Crippen LogP contribution is -2.33. The quantitative estimate of drug-likeness (QED) is 0.622. The van der Waals surface area contributed by atoms with Gasteiger partial charge in [-0.05, 0) is 35.9 Å². The molecule has 0 bridgehead atoms. The van der Waals surface area contributed by atoms with E-state index in [1.54, 1.807) is 6.08 Å². The van der Waals surface area contributed by atoms with Crippen molar-refractivity contribution in [1.82, 2.24) is 4.90 Å². The lowest BCUT2D eigenvalue weighted by Gasteiger charge is -2.29. The zero-order valence-corrected chi connectivity index (χ0v) is 15.8. The second-order valence-corrected chi connectivity index (χ2v) is 7.69. The zero-order valence-electron chi connectivity index (χ0n) is 14.2. The molecule has 2 aliphatic heterocycles. The number of hydrogen-bond acceptors (Lipinski definition) is 6. The van der Waals surface area contributed by atoms with Gasteiger partial charge in [0.1, 0.15) is 10.9 Å². The highest BCUT2D eigenvalue weighted by Gasteiger charge is 2.33. The van der Waals surface area contributed by atoms with Crippen molar-refractivity contribution in [2.24, 2.45) is 0 Å². The van der Waals surface area contributed by atoms with Gasteiger partial charge in [0, 0.05) is 7.05 Å². The fourth-order valence-corrected chi connectivity index (χ4v) is 4.23. The number of carboxylic acid groups (broad SMARTS) is 1. The van der Waals surface area contributed by atoms with Crippen LogP contribution in [0, 0.1) is 0 Å². The Morgan fingerprint density at radius 3 is 2.74 bits per heavy atom. The number of rotatable bonds is 3. The number of amides is 1. The van der Waals surface area contributed by atoms with Crippen molar-refractivity contribution < 1.29 is 19.4 Å². The third kappa shape index (κ3) is 3.17. The standard InChI is InChI=1S/C19H14N2O4S2/c1-20-12-4-2-3-5-14(12)25-15-8-11(6-7-13(15)20)9-16-18(24)21(10-17(22)23)19(26)27-16/h2-9H,10H2,1H3,(H,22,23)/b16-9+. The van der Waals surface area contributed by atoms with E-state index in [1.165, 1.54) is 0 Å². The predicted octanol–water partition coefficient (Wildman–Crippen LogP) is 3.85. The molecule has 4 rings (SSSR count). The first-order valence-electron chi connectivity index (χ1n) is 8.06. The number of ether oxygens (including phenoxy) is 1. The average Bonchev–Trinajstić information content (AvgIpc) is 2.89. The van der Waals surface area contributed by atoms with Crippen LogP contribution in [0.25, 0.3) is 6.08 Å². The molecule has 1 amide bonds. The zero-order chi connectivity index (χ0) is 19.1. The Bertz CT molecular complexity index is 1020. The maximum absolute atomic E-state index is 12.4. The van der Waals surface area contributed by atoms with Gasteiger partial charge in [-0.1, -0.05) is 42.2 Å². The molecule has 1 saturated heterocycles. The Kier molecular flexibility index (Phi) is 4.37. The molecule has 27 heavy (non-hydrogen) atoms. The second-order valence-electron chi connectivity index (χ2n) is 6.02. The lowest BCUT2D eigenvalue weighted by atomic mass is 10.1. The molecule has 0 spiro atoms. The largest absolute Gasteiger partial charge is 0.480 e. The highest BCUT2D eigenvalue weighted by molar-refractivity contribution is 8.26. The summed E-state index contributed by atoms with van der Waals surface area (Å²) in [5, 5.41) is 8.92. The molecule has 2 aromatic carbocycles. The molecule has 0 radical (unpaired) electrons. The van der Waals surface area contributed by atoms with Gasteiger partial charge in [-0.3, -0.25) is 14.5 Å². The van der Waals surface area contributed by atoms with Gasteiger partial charge >= 0.3 is 5.97 Å². The molecule has 0 aromatic heterocycles. The van der Waals surface area contributed by atoms with E-state index >= 15 is 0 Å². The van der Waals surface area contributed by atoms with Crippen LogP contribution in [0.4, 0.5) is 11.4 Å². The third-order valence-corrected chi connectivity index (χ3v) is 5.63. The van der Waals surface area contributed by atoms with E-state index < -0.39 is 18.4 Å². The number of aliphatic carboxylic acids is 1. The monoisotopic (exact) mass is 398 g/mol. The number of para-hydroxylation sites is 2. The summed E-state index contributed by atoms with van der Waals surface area (Å²) in [5.41, 5.74) is 2.67. The Balaban J connectivity index is 1.64. The lowest BCUT2D eigenvalue weighted by molar-refractivity contribution is -0.140. The molecule has 1 N–H and O–H groups in total. The summed E-state index contributed by atoms with van der Waals surface area (Å²) in [4.78, 5) is 26.8. The van der Waals surface area contributed by atoms with Crippen LogP contribution in [0.3, 0.4) is 0 Å². The number of anilines is 2. The van der Waals surface area contributed by atoms with E-state index in [-0.39, 0.29) is 4.32 Å². The number of nitrogens with zero attached hydrogens (tertiary/aromatic N) is 2. The topological polar surface area (TPSA) is 70.1 Å². The van der Waals surface area contributed by atoms with E-state index in [1.807, 2.05) is 54.4 Å². The fourth-order valence-electron chi connectivity index (χ4n) is 2.97. The maximum Gasteiger partial charge on any atom is 0.323 e. The summed E-state index contributed by atoms with van der Waals surface area (Å²) >= 11 is 6.22. The molecule has 0 atom stereocenters. The van der Waals surface area contributed by atoms with E-state index in [2.05, 4.69) is 0 Å². The molecular formula is C19H14N2O4S2. The fraction of sp³-hybridized carbons (Fsp3) is 0.105. The van der Waals surface area contributed by atoms with Gasteiger partial charge < -0.3 is 14.7 Å². The molecule has 0 saturated carbocycles. The first-order valence-corrected chi connectivity index (χ1v) is 9.28. The van der Waals surface area contributed by atoms with Gasteiger partial charge in [0.15, 0.2) is 11.5 Å². The van der Waals surface area contributed by atoms with Crippen LogP contribution in [0.15, 0.2) is 47.4 Å². The molecule has 2 heterocycles. The minimum Gasteiger partial charge on any atom is -0.480 e. The maximum atomic E-state index is 12.4. The smallest absolute Gasteiger partial charge is 0.323 e. The molecule has 2 aliphatic rings. The molecule has 0 unspecified atom stereocenters. The van der Waals surface area contributed by atoms with Crippen molar-refractivity contribution >= 4 is 57.6 Å². The van der Waals surface area contributed by atoms with Crippen molar-refractivity contribution in [3.05, 3.63) is 52.9 Å². The minimum atomic E-state index is -1.10. The molecule has 8 heteroatoms. The van der Waals surface area contributed by atoms with E-state index in [9.17, 15) is 9.59 Å². The Labute approximate surface area is 165 Å². The number of carboxylic acids is 1. The molecule has 136 valence electrons. The van der Waals surface area contributed by atoms with E-state index in [4.69, 9.17) is 22.1 Å². The van der Waals surface area contributed by atoms with Gasteiger partial charge in [-0.2, -0.15) is 0 Å². The van der Waals surface area contributed by atoms with Crippen LogP contribution < -0.4 is 9.64 Å². The summed E-state index contributed by atoms with van der Waals surface area (Å²) in [6, 6.07) is 13.4. The van der Waals surface area contributed by atoms with Crippen molar-refractivity contribution in [1.29, 1.82) is 0 Å². The number of thiocarbonyl (C=S) groups is 1. The third-order valence-electron chi connectivity index (χ3n) is 4.26. The van der Waals surface area contributed by atoms with Crippen LogP contribution in [-0.2, 0) is 9.59 Å². The van der Waals surface area contributed by atoms with Gasteiger partial charge in [-0.25, -0.2) is 0 Å². The van der Waals surface area contributed by atoms with Crippen LogP contribution >= 0.6 is 24.0 Å². The van der Waals surface area contributed by atoms with Crippen molar-refractivity contribution in [2.75, 3.05) is 18.5 Å². The Morgan fingerprint density at radius 2 is 1.96 bits per heavy atom. The number of carbonyl (C=O) groups is 2.